The van der Waals surface area contributed by atoms with Gasteiger partial charge in [0.25, 0.3) is 5.56 Å². The van der Waals surface area contributed by atoms with Crippen LogP contribution in [0.3, 0.4) is 0 Å². The summed E-state index contributed by atoms with van der Waals surface area (Å²) in [4.78, 5) is 27.3. The molecule has 7 nitrogen and oxygen atoms in total. The van der Waals surface area contributed by atoms with Gasteiger partial charge in [-0.25, -0.2) is 4.98 Å². The van der Waals surface area contributed by atoms with E-state index in [4.69, 9.17) is 14.5 Å². The van der Waals surface area contributed by atoms with Crippen LogP contribution in [0.2, 0.25) is 0 Å². The van der Waals surface area contributed by atoms with Gasteiger partial charge in [0.1, 0.15) is 0 Å². The van der Waals surface area contributed by atoms with E-state index in [2.05, 4.69) is 20.9 Å². The predicted molar refractivity (Wildman–Crippen MR) is 112 cm³/mol. The summed E-state index contributed by atoms with van der Waals surface area (Å²) in [7, 11) is 1.65. The first-order valence-corrected chi connectivity index (χ1v) is 10.4. The molecule has 2 aromatic rings. The number of rotatable bonds is 6. The number of para-hydroxylation sites is 1. The quantitative estimate of drug-likeness (QED) is 0.812. The second-order valence-corrected chi connectivity index (χ2v) is 7.47. The van der Waals surface area contributed by atoms with E-state index in [-0.39, 0.29) is 5.56 Å². The van der Waals surface area contributed by atoms with E-state index in [1.165, 1.54) is 0 Å². The third-order valence-electron chi connectivity index (χ3n) is 5.51. The Morgan fingerprint density at radius 3 is 2.90 bits per heavy atom. The largest absolute Gasteiger partial charge is 0.493 e. The van der Waals surface area contributed by atoms with Gasteiger partial charge in [-0.15, -0.1) is 0 Å². The van der Waals surface area contributed by atoms with E-state index in [9.17, 15) is 4.79 Å². The molecule has 154 valence electrons. The van der Waals surface area contributed by atoms with Crippen molar-refractivity contribution in [3.63, 3.8) is 0 Å². The topological polar surface area (TPSA) is 79.8 Å². The summed E-state index contributed by atoms with van der Waals surface area (Å²) in [6, 6.07) is 5.93. The van der Waals surface area contributed by atoms with Crippen molar-refractivity contribution in [1.29, 1.82) is 0 Å². The lowest BCUT2D eigenvalue weighted by atomic mass is 10.0. The van der Waals surface area contributed by atoms with Crippen LogP contribution in [0.15, 0.2) is 28.0 Å². The number of aromatic nitrogens is 2. The number of hydrogen-bond donors (Lipinski definition) is 1. The van der Waals surface area contributed by atoms with E-state index < -0.39 is 0 Å². The Balaban J connectivity index is 1.55. The summed E-state index contributed by atoms with van der Waals surface area (Å²) in [5.41, 5.74) is 3.63. The molecule has 2 aliphatic heterocycles. The molecule has 0 saturated heterocycles. The molecular weight excluding hydrogens is 368 g/mol. The minimum Gasteiger partial charge on any atom is -0.493 e. The predicted octanol–water partition coefficient (Wildman–Crippen LogP) is 2.71. The average Bonchev–Trinajstić information content (AvgIpc) is 2.76. The number of hydrogen-bond acceptors (Lipinski definition) is 6. The summed E-state index contributed by atoms with van der Waals surface area (Å²) in [5, 5.41) is 0. The normalized spacial score (nSPS) is 16.8. The zero-order valence-corrected chi connectivity index (χ0v) is 17.2. The molecule has 7 heteroatoms. The molecule has 0 unspecified atom stereocenters. The highest BCUT2D eigenvalue weighted by atomic mass is 16.5. The fourth-order valence-electron chi connectivity index (χ4n) is 4.04. The standard InChI is InChI=1S/C22H28N4O3/c1-3-29-20-15(7-6-9-19(20)28-2)13-26-12-10-17-16(14-26)22(27)25-21(24-17)18-8-4-5-11-23-18/h6-7,9H,3-5,8,10-14H2,1-2H3,(H,24,25,27). The number of H-pyrrole nitrogens is 1. The van der Waals surface area contributed by atoms with E-state index >= 15 is 0 Å². The van der Waals surface area contributed by atoms with Gasteiger partial charge < -0.3 is 14.5 Å². The highest BCUT2D eigenvalue weighted by molar-refractivity contribution is 5.97. The van der Waals surface area contributed by atoms with Gasteiger partial charge in [0.05, 0.1) is 30.7 Å². The Bertz CT molecular complexity index is 967. The summed E-state index contributed by atoms with van der Waals surface area (Å²) in [6.07, 6.45) is 3.87. The third-order valence-corrected chi connectivity index (χ3v) is 5.51. The van der Waals surface area contributed by atoms with Crippen molar-refractivity contribution < 1.29 is 9.47 Å². The summed E-state index contributed by atoms with van der Waals surface area (Å²) >= 11 is 0. The van der Waals surface area contributed by atoms with Gasteiger partial charge in [-0.05, 0) is 32.3 Å². The lowest BCUT2D eigenvalue weighted by molar-refractivity contribution is 0.233. The van der Waals surface area contributed by atoms with Crippen LogP contribution in [0.5, 0.6) is 11.5 Å². The molecule has 0 radical (unpaired) electrons. The van der Waals surface area contributed by atoms with Gasteiger partial charge in [0.15, 0.2) is 17.3 Å². The first kappa shape index (κ1) is 19.6. The van der Waals surface area contributed by atoms with Crippen LogP contribution < -0.4 is 15.0 Å². The highest BCUT2D eigenvalue weighted by Gasteiger charge is 2.24. The van der Waals surface area contributed by atoms with Gasteiger partial charge in [0, 0.05) is 38.2 Å². The van der Waals surface area contributed by atoms with Crippen molar-refractivity contribution in [2.24, 2.45) is 4.99 Å². The monoisotopic (exact) mass is 396 g/mol. The Hall–Kier alpha value is -2.67. The summed E-state index contributed by atoms with van der Waals surface area (Å²) in [5.74, 6) is 2.17. The van der Waals surface area contributed by atoms with Crippen LogP contribution in [-0.2, 0) is 19.5 Å². The van der Waals surface area contributed by atoms with E-state index in [0.29, 0.717) is 25.5 Å². The molecule has 4 rings (SSSR count). The molecular formula is C22H28N4O3. The molecule has 29 heavy (non-hydrogen) atoms. The van der Waals surface area contributed by atoms with Gasteiger partial charge in [-0.3, -0.25) is 14.7 Å². The second-order valence-electron chi connectivity index (χ2n) is 7.47. The molecule has 0 bridgehead atoms. The Morgan fingerprint density at radius 2 is 2.14 bits per heavy atom. The Morgan fingerprint density at radius 1 is 1.24 bits per heavy atom. The van der Waals surface area contributed by atoms with Gasteiger partial charge in [0.2, 0.25) is 0 Å². The van der Waals surface area contributed by atoms with Crippen molar-refractivity contribution in [3.8, 4) is 11.5 Å². The molecule has 3 heterocycles. The molecule has 1 N–H and O–H groups in total. The number of nitrogens with zero attached hydrogens (tertiary/aromatic N) is 3. The van der Waals surface area contributed by atoms with Gasteiger partial charge in [-0.1, -0.05) is 12.1 Å². The van der Waals surface area contributed by atoms with E-state index in [1.807, 2.05) is 19.1 Å². The van der Waals surface area contributed by atoms with Crippen LogP contribution in [0.1, 0.15) is 48.8 Å². The van der Waals surface area contributed by atoms with Crippen molar-refractivity contribution in [3.05, 3.63) is 51.2 Å². The zero-order valence-electron chi connectivity index (χ0n) is 17.2. The number of methoxy groups -OCH3 is 1. The molecule has 0 saturated carbocycles. The first-order valence-electron chi connectivity index (χ1n) is 10.4. The fraction of sp³-hybridized carbons (Fsp3) is 0.500. The number of benzene rings is 1. The highest BCUT2D eigenvalue weighted by Crippen LogP contribution is 2.32. The van der Waals surface area contributed by atoms with Crippen LogP contribution in [0, 0.1) is 0 Å². The summed E-state index contributed by atoms with van der Waals surface area (Å²) in [6.45, 7) is 5.48. The third kappa shape index (κ3) is 4.19. The number of ether oxygens (including phenoxy) is 2. The number of fused-ring (bicyclic) bond motifs is 1. The lowest BCUT2D eigenvalue weighted by Crippen LogP contribution is -2.36. The number of aliphatic imine (C=N–C) groups is 1. The van der Waals surface area contributed by atoms with Crippen molar-refractivity contribution >= 4 is 5.71 Å². The maximum absolute atomic E-state index is 12.8. The minimum atomic E-state index is -0.0429. The van der Waals surface area contributed by atoms with Crippen molar-refractivity contribution in [2.45, 2.75) is 45.7 Å². The molecule has 0 amide bonds. The molecule has 0 fully saturated rings. The number of aromatic amines is 1. The Kier molecular flexibility index (Phi) is 5.94. The van der Waals surface area contributed by atoms with Gasteiger partial charge in [-0.2, -0.15) is 0 Å². The van der Waals surface area contributed by atoms with Crippen LogP contribution in [0.25, 0.3) is 0 Å². The first-order chi connectivity index (χ1) is 14.2. The SMILES string of the molecule is CCOc1c(CN2CCc3nc(C4=NCCCC4)[nH]c(=O)c3C2)cccc1OC. The second kappa shape index (κ2) is 8.78. The molecule has 1 aromatic heterocycles. The van der Waals surface area contributed by atoms with E-state index in [0.717, 1.165) is 72.8 Å². The molecule has 0 aliphatic carbocycles. The maximum atomic E-state index is 12.8. The smallest absolute Gasteiger partial charge is 0.255 e. The van der Waals surface area contributed by atoms with Crippen LogP contribution >= 0.6 is 0 Å². The molecule has 1 aromatic carbocycles. The Labute approximate surface area is 170 Å². The average molecular weight is 396 g/mol. The number of nitrogens with one attached hydrogen (secondary N) is 1. The zero-order chi connectivity index (χ0) is 20.2. The summed E-state index contributed by atoms with van der Waals surface area (Å²) < 4.78 is 11.3. The van der Waals surface area contributed by atoms with Crippen LogP contribution in [0.4, 0.5) is 0 Å². The van der Waals surface area contributed by atoms with Crippen LogP contribution in [-0.4, -0.2) is 47.4 Å². The molecule has 2 aliphatic rings. The fourth-order valence-corrected chi connectivity index (χ4v) is 4.04. The van der Waals surface area contributed by atoms with Gasteiger partial charge >= 0.3 is 0 Å². The van der Waals surface area contributed by atoms with E-state index in [1.54, 1.807) is 7.11 Å². The maximum Gasteiger partial charge on any atom is 0.255 e. The van der Waals surface area contributed by atoms with Crippen molar-refractivity contribution in [1.82, 2.24) is 14.9 Å². The lowest BCUT2D eigenvalue weighted by Gasteiger charge is -2.28. The molecule has 0 spiro atoms. The molecule has 0 atom stereocenters. The minimum absolute atomic E-state index is 0.0429. The van der Waals surface area contributed by atoms with Crippen molar-refractivity contribution in [2.75, 3.05) is 26.8 Å².